The van der Waals surface area contributed by atoms with Gasteiger partial charge >= 0.3 is 0 Å². The lowest BCUT2D eigenvalue weighted by Gasteiger charge is -2.20. The molecule has 1 unspecified atom stereocenters. The van der Waals surface area contributed by atoms with E-state index in [1.165, 1.54) is 11.3 Å². The Morgan fingerprint density at radius 2 is 1.74 bits per heavy atom. The van der Waals surface area contributed by atoms with E-state index in [2.05, 4.69) is 15.6 Å². The Morgan fingerprint density at radius 3 is 2.42 bits per heavy atom. The Kier molecular flexibility index (Phi) is 6.04. The molecule has 1 aliphatic rings. The van der Waals surface area contributed by atoms with Crippen molar-refractivity contribution in [3.05, 3.63) is 70.2 Å². The molecule has 0 radical (unpaired) electrons. The Morgan fingerprint density at radius 1 is 1.03 bits per heavy atom. The van der Waals surface area contributed by atoms with Gasteiger partial charge in [0.05, 0.1) is 11.6 Å². The van der Waals surface area contributed by atoms with Gasteiger partial charge in [-0.15, -0.1) is 11.3 Å². The van der Waals surface area contributed by atoms with Crippen LogP contribution in [0.1, 0.15) is 45.3 Å². The minimum Gasteiger partial charge on any atom is -0.378 e. The number of benzene rings is 2. The molecule has 4 rings (SSSR count). The number of carbonyl (C=O) groups is 2. The zero-order chi connectivity index (χ0) is 22.0. The first kappa shape index (κ1) is 21.1. The molecule has 0 spiro atoms. The van der Waals surface area contributed by atoms with Crippen LogP contribution in [0.2, 0.25) is 0 Å². The highest BCUT2D eigenvalue weighted by atomic mass is 32.1. The number of thiazole rings is 1. The first-order chi connectivity index (χ1) is 14.9. The number of amides is 2. The van der Waals surface area contributed by atoms with E-state index in [4.69, 9.17) is 0 Å². The van der Waals surface area contributed by atoms with Crippen LogP contribution in [0.25, 0.3) is 0 Å². The van der Waals surface area contributed by atoms with E-state index in [1.54, 1.807) is 12.1 Å². The molecule has 0 bridgehead atoms. The molecule has 0 fully saturated rings. The van der Waals surface area contributed by atoms with E-state index in [9.17, 15) is 9.59 Å². The number of nitrogens with one attached hydrogen (secondary N) is 2. The molecule has 0 saturated heterocycles. The van der Waals surface area contributed by atoms with Gasteiger partial charge in [0.15, 0.2) is 5.13 Å². The van der Waals surface area contributed by atoms with Crippen molar-refractivity contribution < 1.29 is 9.59 Å². The molecule has 2 N–H and O–H groups in total. The van der Waals surface area contributed by atoms with Crippen LogP contribution < -0.4 is 15.5 Å². The zero-order valence-electron chi connectivity index (χ0n) is 17.9. The summed E-state index contributed by atoms with van der Waals surface area (Å²) in [5.41, 5.74) is 4.33. The van der Waals surface area contributed by atoms with E-state index in [1.807, 2.05) is 62.3 Å². The van der Waals surface area contributed by atoms with Crippen molar-refractivity contribution in [3.8, 4) is 0 Å². The number of aromatic nitrogens is 1. The van der Waals surface area contributed by atoms with Crippen LogP contribution in [0, 0.1) is 6.92 Å². The minimum absolute atomic E-state index is 0.0553. The van der Waals surface area contributed by atoms with E-state index >= 15 is 0 Å². The van der Waals surface area contributed by atoms with Gasteiger partial charge in [0.1, 0.15) is 0 Å². The SMILES string of the molecule is Cc1ccc(C(=O)Nc2nc3c(s2)CCCC3C(=O)Nc2ccc(N(C)C)cc2)cc1. The first-order valence-electron chi connectivity index (χ1n) is 10.4. The van der Waals surface area contributed by atoms with E-state index in [0.29, 0.717) is 10.7 Å². The molecule has 0 aliphatic heterocycles. The van der Waals surface area contributed by atoms with Crippen molar-refractivity contribution in [2.45, 2.75) is 32.1 Å². The highest BCUT2D eigenvalue weighted by Gasteiger charge is 2.30. The summed E-state index contributed by atoms with van der Waals surface area (Å²) in [6.45, 7) is 1.98. The number of nitrogens with zero attached hydrogens (tertiary/aromatic N) is 2. The fourth-order valence-electron chi connectivity index (χ4n) is 3.67. The number of aryl methyl sites for hydroxylation is 2. The predicted octanol–water partition coefficient (Wildman–Crippen LogP) is 4.83. The standard InChI is InChI=1S/C24H26N4O2S/c1-15-7-9-16(10-8-15)22(29)27-24-26-21-19(5-4-6-20(21)31-24)23(30)25-17-11-13-18(14-12-17)28(2)3/h7-14,19H,4-6H2,1-3H3,(H,25,30)(H,26,27,29). The smallest absolute Gasteiger partial charge is 0.257 e. The topological polar surface area (TPSA) is 74.3 Å². The molecule has 1 atom stereocenters. The van der Waals surface area contributed by atoms with Crippen LogP contribution in [-0.2, 0) is 11.2 Å². The van der Waals surface area contributed by atoms with E-state index in [0.717, 1.165) is 46.8 Å². The summed E-state index contributed by atoms with van der Waals surface area (Å²) < 4.78 is 0. The van der Waals surface area contributed by atoms with Gasteiger partial charge in [0.2, 0.25) is 5.91 Å². The van der Waals surface area contributed by atoms with Crippen LogP contribution >= 0.6 is 11.3 Å². The lowest BCUT2D eigenvalue weighted by atomic mass is 9.90. The van der Waals surface area contributed by atoms with Gasteiger partial charge < -0.3 is 10.2 Å². The molecule has 1 aromatic heterocycles. The Balaban J connectivity index is 1.47. The minimum atomic E-state index is -0.307. The third-order valence-corrected chi connectivity index (χ3v) is 6.50. The summed E-state index contributed by atoms with van der Waals surface area (Å²) in [7, 11) is 3.96. The molecule has 1 aliphatic carbocycles. The summed E-state index contributed by atoms with van der Waals surface area (Å²) >= 11 is 1.47. The van der Waals surface area contributed by atoms with Crippen molar-refractivity contribution >= 4 is 39.7 Å². The van der Waals surface area contributed by atoms with Crippen LogP contribution in [-0.4, -0.2) is 30.9 Å². The van der Waals surface area contributed by atoms with Gasteiger partial charge in [-0.3, -0.25) is 14.9 Å². The number of carbonyl (C=O) groups excluding carboxylic acids is 2. The molecule has 6 nitrogen and oxygen atoms in total. The maximum Gasteiger partial charge on any atom is 0.257 e. The lowest BCUT2D eigenvalue weighted by molar-refractivity contribution is -0.117. The molecule has 160 valence electrons. The zero-order valence-corrected chi connectivity index (χ0v) is 18.8. The number of hydrogen-bond acceptors (Lipinski definition) is 5. The number of rotatable bonds is 5. The molecule has 31 heavy (non-hydrogen) atoms. The highest BCUT2D eigenvalue weighted by Crippen LogP contribution is 2.37. The van der Waals surface area contributed by atoms with E-state index < -0.39 is 0 Å². The van der Waals surface area contributed by atoms with Crippen LogP contribution in [0.3, 0.4) is 0 Å². The molecule has 0 saturated carbocycles. The number of fused-ring (bicyclic) bond motifs is 1. The van der Waals surface area contributed by atoms with Crippen molar-refractivity contribution in [2.75, 3.05) is 29.6 Å². The van der Waals surface area contributed by atoms with Gasteiger partial charge in [-0.05, 0) is 62.6 Å². The fourth-order valence-corrected chi connectivity index (χ4v) is 4.73. The van der Waals surface area contributed by atoms with Gasteiger partial charge in [-0.2, -0.15) is 0 Å². The van der Waals surface area contributed by atoms with Crippen molar-refractivity contribution in [1.82, 2.24) is 4.98 Å². The lowest BCUT2D eigenvalue weighted by Crippen LogP contribution is -2.24. The highest BCUT2D eigenvalue weighted by molar-refractivity contribution is 7.16. The van der Waals surface area contributed by atoms with Gasteiger partial charge in [-0.1, -0.05) is 17.7 Å². The maximum atomic E-state index is 13.0. The third-order valence-electron chi connectivity index (χ3n) is 5.46. The van der Waals surface area contributed by atoms with Gasteiger partial charge in [0, 0.05) is 35.9 Å². The monoisotopic (exact) mass is 434 g/mol. The summed E-state index contributed by atoms with van der Waals surface area (Å²) in [4.78, 5) is 33.3. The Bertz CT molecular complexity index is 1090. The first-order valence-corrected chi connectivity index (χ1v) is 11.2. The average molecular weight is 435 g/mol. The molecular formula is C24H26N4O2S. The summed E-state index contributed by atoms with van der Waals surface area (Å²) in [6.07, 6.45) is 2.57. The van der Waals surface area contributed by atoms with Gasteiger partial charge in [0.25, 0.3) is 5.91 Å². The molecular weight excluding hydrogens is 408 g/mol. The second kappa shape index (κ2) is 8.89. The van der Waals surface area contributed by atoms with Gasteiger partial charge in [-0.25, -0.2) is 4.98 Å². The van der Waals surface area contributed by atoms with Crippen molar-refractivity contribution in [1.29, 1.82) is 0 Å². The maximum absolute atomic E-state index is 13.0. The van der Waals surface area contributed by atoms with Crippen LogP contribution in [0.5, 0.6) is 0 Å². The molecule has 7 heteroatoms. The van der Waals surface area contributed by atoms with Crippen molar-refractivity contribution in [3.63, 3.8) is 0 Å². The number of anilines is 3. The molecule has 3 aromatic rings. The normalized spacial score (nSPS) is 15.1. The largest absolute Gasteiger partial charge is 0.378 e. The van der Waals surface area contributed by atoms with Crippen LogP contribution in [0.15, 0.2) is 48.5 Å². The molecule has 1 heterocycles. The summed E-state index contributed by atoms with van der Waals surface area (Å²) in [5.74, 6) is -0.549. The number of hydrogen-bond donors (Lipinski definition) is 2. The quantitative estimate of drug-likeness (QED) is 0.603. The van der Waals surface area contributed by atoms with Crippen molar-refractivity contribution in [2.24, 2.45) is 0 Å². The second-order valence-electron chi connectivity index (χ2n) is 8.02. The average Bonchev–Trinajstić information content (AvgIpc) is 3.16. The Hall–Kier alpha value is -3.19. The molecule has 2 amide bonds. The van der Waals surface area contributed by atoms with Crippen LogP contribution in [0.4, 0.5) is 16.5 Å². The summed E-state index contributed by atoms with van der Waals surface area (Å²) in [5, 5.41) is 6.46. The second-order valence-corrected chi connectivity index (χ2v) is 9.11. The fraction of sp³-hybridized carbons (Fsp3) is 0.292. The predicted molar refractivity (Wildman–Crippen MR) is 126 cm³/mol. The molecule has 2 aromatic carbocycles. The third kappa shape index (κ3) is 4.77. The summed E-state index contributed by atoms with van der Waals surface area (Å²) in [6, 6.07) is 15.2. The van der Waals surface area contributed by atoms with E-state index in [-0.39, 0.29) is 17.7 Å². The Labute approximate surface area is 186 Å².